The van der Waals surface area contributed by atoms with Gasteiger partial charge in [0, 0.05) is 45.0 Å². The lowest BCUT2D eigenvalue weighted by Crippen LogP contribution is -2.50. The average Bonchev–Trinajstić information content (AvgIpc) is 2.56. The van der Waals surface area contributed by atoms with Crippen LogP contribution < -0.4 is 4.90 Å². The Morgan fingerprint density at radius 1 is 1.05 bits per heavy atom. The molecule has 0 atom stereocenters. The normalized spacial score (nSPS) is 15.4. The first kappa shape index (κ1) is 16.3. The van der Waals surface area contributed by atoms with E-state index in [1.54, 1.807) is 17.1 Å². The summed E-state index contributed by atoms with van der Waals surface area (Å²) in [5.41, 5.74) is 1.26. The van der Waals surface area contributed by atoms with Gasteiger partial charge in [-0.1, -0.05) is 30.4 Å². The summed E-state index contributed by atoms with van der Waals surface area (Å²) in [5, 5.41) is 0. The van der Waals surface area contributed by atoms with Gasteiger partial charge in [0.15, 0.2) is 0 Å². The number of nitrogens with zero attached hydrogens (tertiary/aromatic N) is 3. The molecule has 1 aromatic carbocycles. The van der Waals surface area contributed by atoms with Crippen molar-refractivity contribution in [3.63, 3.8) is 0 Å². The van der Waals surface area contributed by atoms with E-state index in [-0.39, 0.29) is 5.91 Å². The van der Waals surface area contributed by atoms with Crippen molar-refractivity contribution in [3.05, 3.63) is 55.6 Å². The van der Waals surface area contributed by atoms with Crippen molar-refractivity contribution in [2.75, 3.05) is 50.7 Å². The summed E-state index contributed by atoms with van der Waals surface area (Å²) in [6.45, 7) is 12.8. The molecule has 1 heterocycles. The molecule has 0 radical (unpaired) electrons. The van der Waals surface area contributed by atoms with Gasteiger partial charge in [0.2, 0.25) is 5.91 Å². The zero-order chi connectivity index (χ0) is 15.8. The minimum atomic E-state index is 0.146. The van der Waals surface area contributed by atoms with Crippen LogP contribution in [0.4, 0.5) is 5.69 Å². The second-order valence-corrected chi connectivity index (χ2v) is 5.47. The van der Waals surface area contributed by atoms with Gasteiger partial charge in [-0.15, -0.1) is 13.2 Å². The van der Waals surface area contributed by atoms with Gasteiger partial charge in [-0.3, -0.25) is 9.69 Å². The highest BCUT2D eigenvalue weighted by Gasteiger charge is 2.21. The van der Waals surface area contributed by atoms with Crippen LogP contribution in [-0.4, -0.2) is 61.5 Å². The molecule has 0 saturated carbocycles. The Labute approximate surface area is 133 Å². The van der Waals surface area contributed by atoms with E-state index < -0.39 is 0 Å². The molecule has 0 N–H and O–H groups in total. The van der Waals surface area contributed by atoms with Gasteiger partial charge in [-0.25, -0.2) is 0 Å². The smallest absolute Gasteiger partial charge is 0.237 e. The van der Waals surface area contributed by atoms with Gasteiger partial charge in [0.25, 0.3) is 0 Å². The maximum absolute atomic E-state index is 12.3. The predicted octanol–water partition coefficient (Wildman–Crippen LogP) is 2.01. The fourth-order valence-electron chi connectivity index (χ4n) is 2.68. The summed E-state index contributed by atoms with van der Waals surface area (Å²) in [4.78, 5) is 18.7. The van der Waals surface area contributed by atoms with Crippen LogP contribution in [0.2, 0.25) is 0 Å². The summed E-state index contributed by atoms with van der Waals surface area (Å²) < 4.78 is 0. The first-order valence-corrected chi connectivity index (χ1v) is 7.76. The van der Waals surface area contributed by atoms with Gasteiger partial charge in [-0.05, 0) is 12.1 Å². The molecule has 0 unspecified atom stereocenters. The van der Waals surface area contributed by atoms with Crippen molar-refractivity contribution in [1.29, 1.82) is 0 Å². The summed E-state index contributed by atoms with van der Waals surface area (Å²) in [5.74, 6) is 0.146. The summed E-state index contributed by atoms with van der Waals surface area (Å²) in [7, 11) is 0. The molecule has 1 amide bonds. The van der Waals surface area contributed by atoms with Crippen molar-refractivity contribution in [3.8, 4) is 0 Å². The molecule has 118 valence electrons. The summed E-state index contributed by atoms with van der Waals surface area (Å²) in [6, 6.07) is 10.4. The van der Waals surface area contributed by atoms with E-state index in [1.807, 2.05) is 6.07 Å². The Morgan fingerprint density at radius 3 is 2.18 bits per heavy atom. The highest BCUT2D eigenvalue weighted by atomic mass is 16.2. The molecule has 1 aliphatic rings. The third-order valence-electron chi connectivity index (χ3n) is 3.90. The average molecular weight is 299 g/mol. The molecule has 0 aliphatic carbocycles. The van der Waals surface area contributed by atoms with Crippen LogP contribution in [-0.2, 0) is 4.79 Å². The van der Waals surface area contributed by atoms with Crippen LogP contribution in [0.5, 0.6) is 0 Å². The molecular formula is C18H25N3O. The van der Waals surface area contributed by atoms with Gasteiger partial charge in [-0.2, -0.15) is 0 Å². The molecule has 22 heavy (non-hydrogen) atoms. The summed E-state index contributed by atoms with van der Waals surface area (Å²) in [6.07, 6.45) is 3.52. The van der Waals surface area contributed by atoms with E-state index in [9.17, 15) is 4.79 Å². The Bertz CT molecular complexity index is 482. The van der Waals surface area contributed by atoms with E-state index in [0.717, 1.165) is 26.2 Å². The second kappa shape index (κ2) is 8.39. The van der Waals surface area contributed by atoms with Crippen LogP contribution in [0.1, 0.15) is 0 Å². The van der Waals surface area contributed by atoms with E-state index in [2.05, 4.69) is 47.2 Å². The van der Waals surface area contributed by atoms with Crippen LogP contribution in [0.25, 0.3) is 0 Å². The number of piperazine rings is 1. The van der Waals surface area contributed by atoms with Crippen LogP contribution >= 0.6 is 0 Å². The van der Waals surface area contributed by atoms with Crippen LogP contribution in [0, 0.1) is 0 Å². The van der Waals surface area contributed by atoms with Crippen molar-refractivity contribution < 1.29 is 4.79 Å². The fourth-order valence-corrected chi connectivity index (χ4v) is 2.68. The molecule has 2 rings (SSSR count). The van der Waals surface area contributed by atoms with Gasteiger partial charge in [0.05, 0.1) is 6.54 Å². The number of carbonyl (C=O) groups excluding carboxylic acids is 1. The molecule has 1 aromatic rings. The number of rotatable bonds is 7. The largest absolute Gasteiger partial charge is 0.369 e. The van der Waals surface area contributed by atoms with Crippen LogP contribution in [0.3, 0.4) is 0 Å². The molecule has 4 nitrogen and oxygen atoms in total. The molecule has 1 fully saturated rings. The van der Waals surface area contributed by atoms with Gasteiger partial charge >= 0.3 is 0 Å². The van der Waals surface area contributed by atoms with Crippen LogP contribution in [0.15, 0.2) is 55.6 Å². The lowest BCUT2D eigenvalue weighted by Gasteiger charge is -2.36. The maximum Gasteiger partial charge on any atom is 0.237 e. The number of anilines is 1. The minimum absolute atomic E-state index is 0.146. The standard InChI is InChI=1S/C18H25N3O/c1-3-10-21(11-4-2)18(22)16-19-12-14-20(15-13-19)17-8-6-5-7-9-17/h3-9H,1-2,10-16H2. The number of para-hydroxylation sites is 1. The van der Waals surface area contributed by atoms with E-state index in [4.69, 9.17) is 0 Å². The quantitative estimate of drug-likeness (QED) is 0.721. The van der Waals surface area contributed by atoms with E-state index in [1.165, 1.54) is 5.69 Å². The molecule has 0 bridgehead atoms. The zero-order valence-electron chi connectivity index (χ0n) is 13.2. The molecule has 1 saturated heterocycles. The first-order valence-electron chi connectivity index (χ1n) is 7.76. The highest BCUT2D eigenvalue weighted by molar-refractivity contribution is 5.78. The Kier molecular flexibility index (Phi) is 6.22. The molecule has 0 spiro atoms. The Balaban J connectivity index is 1.82. The number of carbonyl (C=O) groups is 1. The molecule has 1 aliphatic heterocycles. The predicted molar refractivity (Wildman–Crippen MR) is 92.1 cm³/mol. The van der Waals surface area contributed by atoms with Crippen molar-refractivity contribution >= 4 is 11.6 Å². The van der Waals surface area contributed by atoms with Gasteiger partial charge in [0.1, 0.15) is 0 Å². The topological polar surface area (TPSA) is 26.8 Å². The molecule has 0 aromatic heterocycles. The monoisotopic (exact) mass is 299 g/mol. The lowest BCUT2D eigenvalue weighted by atomic mass is 10.2. The number of hydrogen-bond acceptors (Lipinski definition) is 3. The fraction of sp³-hybridized carbons (Fsp3) is 0.389. The van der Waals surface area contributed by atoms with E-state index in [0.29, 0.717) is 19.6 Å². The first-order chi connectivity index (χ1) is 10.7. The zero-order valence-corrected chi connectivity index (χ0v) is 13.2. The number of benzene rings is 1. The van der Waals surface area contributed by atoms with Crippen molar-refractivity contribution in [2.24, 2.45) is 0 Å². The van der Waals surface area contributed by atoms with Crippen molar-refractivity contribution in [1.82, 2.24) is 9.80 Å². The molecule has 4 heteroatoms. The SMILES string of the molecule is C=CCN(CC=C)C(=O)CN1CCN(c2ccccc2)CC1. The Morgan fingerprint density at radius 2 is 1.64 bits per heavy atom. The third kappa shape index (κ3) is 4.46. The second-order valence-electron chi connectivity index (χ2n) is 5.47. The number of hydrogen-bond donors (Lipinski definition) is 0. The third-order valence-corrected chi connectivity index (χ3v) is 3.90. The Hall–Kier alpha value is -2.07. The van der Waals surface area contributed by atoms with E-state index >= 15 is 0 Å². The van der Waals surface area contributed by atoms with Crippen molar-refractivity contribution in [2.45, 2.75) is 0 Å². The molecular weight excluding hydrogens is 274 g/mol. The van der Waals surface area contributed by atoms with Gasteiger partial charge < -0.3 is 9.80 Å². The highest BCUT2D eigenvalue weighted by Crippen LogP contribution is 2.15. The summed E-state index contributed by atoms with van der Waals surface area (Å²) >= 11 is 0. The lowest BCUT2D eigenvalue weighted by molar-refractivity contribution is -0.131. The number of amides is 1. The minimum Gasteiger partial charge on any atom is -0.369 e. The maximum atomic E-state index is 12.3.